The van der Waals surface area contributed by atoms with Crippen molar-refractivity contribution >= 4 is 11.8 Å². The molecule has 31 heavy (non-hydrogen) atoms. The highest BCUT2D eigenvalue weighted by Gasteiger charge is 2.47. The maximum absolute atomic E-state index is 13.4. The normalized spacial score (nSPS) is 19.2. The second kappa shape index (κ2) is 8.61. The van der Waals surface area contributed by atoms with Crippen LogP contribution in [0.1, 0.15) is 11.7 Å². The van der Waals surface area contributed by atoms with Crippen molar-refractivity contribution in [2.24, 2.45) is 0 Å². The molecule has 1 heterocycles. The van der Waals surface area contributed by atoms with Crippen molar-refractivity contribution in [3.8, 4) is 11.5 Å². The van der Waals surface area contributed by atoms with E-state index in [1.807, 2.05) is 0 Å². The summed E-state index contributed by atoms with van der Waals surface area (Å²) < 4.78 is 37.6. The average molecular weight is 427 g/mol. The Morgan fingerprint density at radius 1 is 0.935 bits per heavy atom. The third-order valence-electron chi connectivity index (χ3n) is 4.99. The van der Waals surface area contributed by atoms with Crippen LogP contribution in [0.15, 0.2) is 72.8 Å². The van der Waals surface area contributed by atoms with Crippen molar-refractivity contribution in [1.29, 1.82) is 0 Å². The molecular weight excluding hydrogens is 408 g/mol. The summed E-state index contributed by atoms with van der Waals surface area (Å²) in [6.45, 7) is -0.209. The lowest BCUT2D eigenvalue weighted by molar-refractivity contribution is 0.0495. The number of halogens is 2. The number of aliphatic hydroxyl groups excluding tert-OH is 1. The van der Waals surface area contributed by atoms with Gasteiger partial charge in [-0.05, 0) is 66.2 Å². The molecule has 0 aromatic heterocycles. The Bertz CT molecular complexity index is 1040. The molecule has 3 aromatic rings. The maximum atomic E-state index is 13.4. The van der Waals surface area contributed by atoms with E-state index in [1.54, 1.807) is 12.1 Å². The molecule has 3 atom stereocenters. The van der Waals surface area contributed by atoms with Gasteiger partial charge in [0.2, 0.25) is 0 Å². The lowest BCUT2D eigenvalue weighted by Gasteiger charge is -2.29. The fourth-order valence-corrected chi connectivity index (χ4v) is 3.49. The number of cyclic esters (lactones) is 1. The lowest BCUT2D eigenvalue weighted by atomic mass is 9.97. The number of nitrogens with zero attached hydrogens (tertiary/aromatic N) is 1. The zero-order valence-electron chi connectivity index (χ0n) is 16.2. The molecule has 1 aliphatic rings. The van der Waals surface area contributed by atoms with Gasteiger partial charge in [-0.3, -0.25) is 4.90 Å². The number of benzene rings is 3. The minimum atomic E-state index is -1.21. The van der Waals surface area contributed by atoms with Crippen molar-refractivity contribution in [3.05, 3.63) is 90.0 Å². The van der Waals surface area contributed by atoms with Gasteiger partial charge in [-0.2, -0.15) is 0 Å². The van der Waals surface area contributed by atoms with Gasteiger partial charge >= 0.3 is 6.09 Å². The van der Waals surface area contributed by atoms with Crippen LogP contribution in [0.3, 0.4) is 0 Å². The Morgan fingerprint density at radius 2 is 1.52 bits per heavy atom. The molecule has 2 N–H and O–H groups in total. The number of phenolic OH excluding ortho intramolecular Hbond substituents is 1. The van der Waals surface area contributed by atoms with E-state index in [4.69, 9.17) is 9.47 Å². The smallest absolute Gasteiger partial charge is 0.415 e. The van der Waals surface area contributed by atoms with Gasteiger partial charge in [0.05, 0.1) is 0 Å². The second-order valence-electron chi connectivity index (χ2n) is 7.07. The fourth-order valence-electron chi connectivity index (χ4n) is 3.49. The largest absolute Gasteiger partial charge is 0.508 e. The molecule has 8 heteroatoms. The Kier molecular flexibility index (Phi) is 5.73. The van der Waals surface area contributed by atoms with Crippen LogP contribution in [0.4, 0.5) is 19.3 Å². The number of hydrogen-bond acceptors (Lipinski definition) is 5. The zero-order valence-corrected chi connectivity index (χ0v) is 16.2. The Morgan fingerprint density at radius 3 is 2.13 bits per heavy atom. The first-order chi connectivity index (χ1) is 14.9. The minimum Gasteiger partial charge on any atom is -0.508 e. The molecule has 3 aromatic carbocycles. The van der Waals surface area contributed by atoms with Crippen molar-refractivity contribution in [3.63, 3.8) is 0 Å². The third kappa shape index (κ3) is 4.44. The second-order valence-corrected chi connectivity index (χ2v) is 7.07. The van der Waals surface area contributed by atoms with Gasteiger partial charge in [-0.15, -0.1) is 0 Å². The van der Waals surface area contributed by atoms with Crippen LogP contribution in [0.2, 0.25) is 0 Å². The predicted octanol–water partition coefficient (Wildman–Crippen LogP) is 4.18. The molecule has 160 valence electrons. The number of carbonyl (C=O) groups is 1. The topological polar surface area (TPSA) is 79.2 Å². The summed E-state index contributed by atoms with van der Waals surface area (Å²) >= 11 is 0. The average Bonchev–Trinajstić information content (AvgIpc) is 3.11. The van der Waals surface area contributed by atoms with Gasteiger partial charge in [-0.25, -0.2) is 13.6 Å². The molecule has 0 spiro atoms. The summed E-state index contributed by atoms with van der Waals surface area (Å²) in [7, 11) is 0. The quantitative estimate of drug-likeness (QED) is 0.617. The Labute approximate surface area is 176 Å². The number of phenols is 1. The number of hydrogen-bond donors (Lipinski definition) is 2. The first kappa shape index (κ1) is 20.6. The summed E-state index contributed by atoms with van der Waals surface area (Å²) in [6.07, 6.45) is -2.79. The van der Waals surface area contributed by atoms with E-state index in [0.29, 0.717) is 17.0 Å². The van der Waals surface area contributed by atoms with Gasteiger partial charge in [-0.1, -0.05) is 12.1 Å². The highest BCUT2D eigenvalue weighted by Crippen LogP contribution is 2.38. The number of ether oxygens (including phenoxy) is 2. The first-order valence-electron chi connectivity index (χ1n) is 9.53. The van der Waals surface area contributed by atoms with Crippen LogP contribution >= 0.6 is 0 Å². The molecule has 0 bridgehead atoms. The van der Waals surface area contributed by atoms with Crippen LogP contribution < -0.4 is 9.64 Å². The monoisotopic (exact) mass is 427 g/mol. The SMILES string of the molecule is O=C1O[C@@H](c2ccc(O)cc2)[C@@H](C(O)COc2ccc(F)cc2)N1c1ccc(F)cc1. The number of amides is 1. The molecule has 0 aliphatic carbocycles. The van der Waals surface area contributed by atoms with E-state index in [0.717, 1.165) is 0 Å². The van der Waals surface area contributed by atoms with Gasteiger partial charge in [0.1, 0.15) is 41.9 Å². The highest BCUT2D eigenvalue weighted by molar-refractivity contribution is 5.91. The van der Waals surface area contributed by atoms with Crippen LogP contribution in [0.25, 0.3) is 0 Å². The molecule has 0 saturated carbocycles. The van der Waals surface area contributed by atoms with Crippen LogP contribution in [-0.2, 0) is 4.74 Å². The van der Waals surface area contributed by atoms with Crippen LogP contribution in [-0.4, -0.2) is 35.1 Å². The molecule has 6 nitrogen and oxygen atoms in total. The van der Waals surface area contributed by atoms with E-state index in [-0.39, 0.29) is 12.4 Å². The van der Waals surface area contributed by atoms with E-state index in [1.165, 1.54) is 65.6 Å². The van der Waals surface area contributed by atoms with Crippen LogP contribution in [0, 0.1) is 11.6 Å². The Balaban J connectivity index is 1.63. The van der Waals surface area contributed by atoms with Gasteiger partial charge in [0.15, 0.2) is 6.10 Å². The molecule has 1 unspecified atom stereocenters. The number of carbonyl (C=O) groups excluding carboxylic acids is 1. The van der Waals surface area contributed by atoms with E-state index in [2.05, 4.69) is 0 Å². The summed E-state index contributed by atoms with van der Waals surface area (Å²) in [5, 5.41) is 20.5. The maximum Gasteiger partial charge on any atom is 0.415 e. The Hall–Kier alpha value is -3.65. The molecule has 1 aliphatic heterocycles. The van der Waals surface area contributed by atoms with Crippen molar-refractivity contribution in [2.75, 3.05) is 11.5 Å². The summed E-state index contributed by atoms with van der Waals surface area (Å²) in [5.41, 5.74) is 0.903. The number of aromatic hydroxyl groups is 1. The minimum absolute atomic E-state index is 0.0419. The molecular formula is C23H19F2NO5. The van der Waals surface area contributed by atoms with Gasteiger partial charge in [0, 0.05) is 5.69 Å². The highest BCUT2D eigenvalue weighted by atomic mass is 19.1. The molecule has 1 saturated heterocycles. The molecule has 1 fully saturated rings. The predicted molar refractivity (Wildman–Crippen MR) is 108 cm³/mol. The summed E-state index contributed by atoms with van der Waals surface area (Å²) in [5.74, 6) is -0.499. The van der Waals surface area contributed by atoms with Gasteiger partial charge in [0.25, 0.3) is 0 Å². The molecule has 4 rings (SSSR count). The lowest BCUT2D eigenvalue weighted by Crippen LogP contribution is -2.46. The van der Waals surface area contributed by atoms with E-state index in [9.17, 15) is 23.8 Å². The number of anilines is 1. The fraction of sp³-hybridized carbons (Fsp3) is 0.174. The standard InChI is InChI=1S/C23H19F2NO5/c24-15-3-7-17(8-4-15)26-21(20(28)13-30-19-11-5-16(25)6-12-19)22(31-23(26)29)14-1-9-18(27)10-2-14/h1-12,20-22,27-28H,13H2/t20?,21-,22+/m1/s1. The summed E-state index contributed by atoms with van der Waals surface area (Å²) in [4.78, 5) is 13.9. The molecule has 1 amide bonds. The van der Waals surface area contributed by atoms with Crippen molar-refractivity contribution in [1.82, 2.24) is 0 Å². The van der Waals surface area contributed by atoms with Crippen LogP contribution in [0.5, 0.6) is 11.5 Å². The zero-order chi connectivity index (χ0) is 22.0. The molecule has 0 radical (unpaired) electrons. The van der Waals surface area contributed by atoms with E-state index < -0.39 is 36.0 Å². The third-order valence-corrected chi connectivity index (χ3v) is 4.99. The summed E-state index contributed by atoms with van der Waals surface area (Å²) in [6, 6.07) is 15.7. The first-order valence-corrected chi connectivity index (χ1v) is 9.53. The number of rotatable bonds is 6. The van der Waals surface area contributed by atoms with E-state index >= 15 is 0 Å². The van der Waals surface area contributed by atoms with Gasteiger partial charge < -0.3 is 19.7 Å². The van der Waals surface area contributed by atoms with Crippen molar-refractivity contribution in [2.45, 2.75) is 18.2 Å². The van der Waals surface area contributed by atoms with Crippen molar-refractivity contribution < 1.29 is 33.3 Å². The number of aliphatic hydroxyl groups is 1.